The number of methoxy groups -OCH3 is 1. The molecule has 0 N–H and O–H groups in total. The Bertz CT molecular complexity index is 1260. The Morgan fingerprint density at radius 3 is 2.86 bits per heavy atom. The van der Waals surface area contributed by atoms with Crippen molar-refractivity contribution in [1.82, 2.24) is 24.8 Å². The second kappa shape index (κ2) is 10.00. The number of anilines is 1. The molecule has 2 atom stereocenters. The summed E-state index contributed by atoms with van der Waals surface area (Å²) in [6.07, 6.45) is 0.711. The number of rotatable bonds is 6. The molecule has 0 bridgehead atoms. The highest BCUT2D eigenvalue weighted by molar-refractivity contribution is 6.33. The van der Waals surface area contributed by atoms with Crippen molar-refractivity contribution < 1.29 is 18.3 Å². The molecule has 0 radical (unpaired) electrons. The number of hydrogen-bond acceptors (Lipinski definition) is 7. The Labute approximate surface area is 205 Å². The summed E-state index contributed by atoms with van der Waals surface area (Å²) >= 11 is 6.50. The van der Waals surface area contributed by atoms with Gasteiger partial charge in [-0.1, -0.05) is 41.1 Å². The number of halogens is 3. The lowest BCUT2D eigenvalue weighted by atomic mass is 10.1. The van der Waals surface area contributed by atoms with Crippen LogP contribution in [0.2, 0.25) is 5.02 Å². The van der Waals surface area contributed by atoms with E-state index in [2.05, 4.69) is 15.4 Å². The molecule has 0 amide bonds. The summed E-state index contributed by atoms with van der Waals surface area (Å²) in [6, 6.07) is 6.37. The Kier molecular flexibility index (Phi) is 6.81. The highest BCUT2D eigenvalue weighted by Crippen LogP contribution is 2.34. The van der Waals surface area contributed by atoms with Crippen LogP contribution in [0.5, 0.6) is 0 Å². The fourth-order valence-electron chi connectivity index (χ4n) is 4.67. The molecule has 12 heteroatoms. The van der Waals surface area contributed by atoms with Gasteiger partial charge in [0.25, 0.3) is 12.0 Å². The average Bonchev–Trinajstić information content (AvgIpc) is 3.28. The van der Waals surface area contributed by atoms with Crippen LogP contribution in [0.15, 0.2) is 35.3 Å². The van der Waals surface area contributed by atoms with Crippen LogP contribution in [0, 0.1) is 0 Å². The zero-order valence-corrected chi connectivity index (χ0v) is 19.9. The summed E-state index contributed by atoms with van der Waals surface area (Å²) in [4.78, 5) is 14.8. The molecule has 0 aliphatic carbocycles. The SMILES string of the molecule is COC1CN(c2cnn(C3CCCCO3)c(=O)c2Cl)Cc2nnn(Cc3ccccc3C(F)F)c21. The van der Waals surface area contributed by atoms with Gasteiger partial charge >= 0.3 is 0 Å². The van der Waals surface area contributed by atoms with Gasteiger partial charge < -0.3 is 14.4 Å². The van der Waals surface area contributed by atoms with Gasteiger partial charge in [-0.15, -0.1) is 5.10 Å². The van der Waals surface area contributed by atoms with E-state index < -0.39 is 24.3 Å². The largest absolute Gasteiger partial charge is 0.373 e. The van der Waals surface area contributed by atoms with Crippen molar-refractivity contribution >= 4 is 17.3 Å². The minimum atomic E-state index is -2.59. The van der Waals surface area contributed by atoms with Gasteiger partial charge in [0.1, 0.15) is 16.8 Å². The van der Waals surface area contributed by atoms with E-state index in [1.165, 1.54) is 10.7 Å². The first-order valence-corrected chi connectivity index (χ1v) is 11.8. The zero-order valence-electron chi connectivity index (χ0n) is 19.1. The Morgan fingerprint density at radius 2 is 2.11 bits per heavy atom. The molecule has 1 aromatic carbocycles. The first-order chi connectivity index (χ1) is 17.0. The lowest BCUT2D eigenvalue weighted by Gasteiger charge is -2.33. The summed E-state index contributed by atoms with van der Waals surface area (Å²) < 4.78 is 41.2. The van der Waals surface area contributed by atoms with E-state index in [1.54, 1.807) is 36.2 Å². The third-order valence-corrected chi connectivity index (χ3v) is 6.82. The fourth-order valence-corrected chi connectivity index (χ4v) is 4.93. The number of alkyl halides is 2. The predicted molar refractivity (Wildman–Crippen MR) is 124 cm³/mol. The van der Waals surface area contributed by atoms with Crippen molar-refractivity contribution in [3.05, 3.63) is 68.4 Å². The number of fused-ring (bicyclic) bond motifs is 1. The lowest BCUT2D eigenvalue weighted by molar-refractivity contribution is -0.0424. The highest BCUT2D eigenvalue weighted by Gasteiger charge is 2.33. The van der Waals surface area contributed by atoms with Crippen LogP contribution in [-0.4, -0.2) is 45.0 Å². The molecule has 9 nitrogen and oxygen atoms in total. The fraction of sp³-hybridized carbons (Fsp3) is 0.478. The van der Waals surface area contributed by atoms with Gasteiger partial charge in [0, 0.05) is 19.3 Å². The van der Waals surface area contributed by atoms with Gasteiger partial charge in [-0.2, -0.15) is 9.78 Å². The molecule has 2 unspecified atom stereocenters. The standard InChI is InChI=1S/C23H25ClF2N6O3/c1-34-18-13-30(17-10-27-32(23(33)20(17)24)19-8-4-5-9-35-19)12-16-21(18)31(29-28-16)11-14-6-2-3-7-15(14)22(25)26/h2-3,6-7,10,18-19,22H,4-5,8-9,11-13H2,1H3. The molecule has 2 aliphatic rings. The Balaban J connectivity index is 1.43. The van der Waals surface area contributed by atoms with Crippen LogP contribution < -0.4 is 10.5 Å². The maximum atomic E-state index is 13.5. The van der Waals surface area contributed by atoms with Crippen LogP contribution in [0.25, 0.3) is 0 Å². The smallest absolute Gasteiger partial charge is 0.290 e. The van der Waals surface area contributed by atoms with E-state index in [0.29, 0.717) is 48.8 Å². The Hall–Kier alpha value is -2.89. The summed E-state index contributed by atoms with van der Waals surface area (Å²) in [7, 11) is 1.56. The first kappa shape index (κ1) is 23.8. The van der Waals surface area contributed by atoms with Gasteiger partial charge in [0.2, 0.25) is 0 Å². The molecule has 1 fully saturated rings. The van der Waals surface area contributed by atoms with E-state index in [1.807, 2.05) is 4.90 Å². The lowest BCUT2D eigenvalue weighted by Crippen LogP contribution is -2.38. The minimum Gasteiger partial charge on any atom is -0.373 e. The molecule has 0 spiro atoms. The number of nitrogens with zero attached hydrogens (tertiary/aromatic N) is 6. The second-order valence-corrected chi connectivity index (χ2v) is 8.98. The van der Waals surface area contributed by atoms with Crippen LogP contribution in [0.1, 0.15) is 60.5 Å². The molecule has 5 rings (SSSR count). The molecule has 2 aromatic heterocycles. The highest BCUT2D eigenvalue weighted by atomic mass is 35.5. The Morgan fingerprint density at radius 1 is 1.29 bits per heavy atom. The molecule has 0 saturated carbocycles. The molecule has 4 heterocycles. The molecule has 1 saturated heterocycles. The third-order valence-electron chi connectivity index (χ3n) is 6.47. The molecule has 35 heavy (non-hydrogen) atoms. The predicted octanol–water partition coefficient (Wildman–Crippen LogP) is 3.88. The first-order valence-electron chi connectivity index (χ1n) is 11.4. The maximum Gasteiger partial charge on any atom is 0.290 e. The van der Waals surface area contributed by atoms with E-state index in [0.717, 1.165) is 12.8 Å². The summed E-state index contributed by atoms with van der Waals surface area (Å²) in [5, 5.41) is 12.9. The molecular formula is C23H25ClF2N6O3. The zero-order chi connectivity index (χ0) is 24.5. The van der Waals surface area contributed by atoms with E-state index in [-0.39, 0.29) is 17.1 Å². The third kappa shape index (κ3) is 4.55. The van der Waals surface area contributed by atoms with E-state index >= 15 is 0 Å². The summed E-state index contributed by atoms with van der Waals surface area (Å²) in [5.74, 6) is 0. The van der Waals surface area contributed by atoms with Crippen molar-refractivity contribution in [3.63, 3.8) is 0 Å². The average molecular weight is 507 g/mol. The van der Waals surface area contributed by atoms with Crippen LogP contribution in [0.3, 0.4) is 0 Å². The van der Waals surface area contributed by atoms with Crippen LogP contribution in [0.4, 0.5) is 14.5 Å². The number of hydrogen-bond donors (Lipinski definition) is 0. The molecular weight excluding hydrogens is 482 g/mol. The van der Waals surface area contributed by atoms with Gasteiger partial charge in [0.05, 0.1) is 37.2 Å². The van der Waals surface area contributed by atoms with Crippen molar-refractivity contribution in [1.29, 1.82) is 0 Å². The second-order valence-electron chi connectivity index (χ2n) is 8.60. The van der Waals surface area contributed by atoms with E-state index in [4.69, 9.17) is 21.1 Å². The van der Waals surface area contributed by atoms with Crippen molar-refractivity contribution in [2.75, 3.05) is 25.2 Å². The number of ether oxygens (including phenoxy) is 2. The number of aromatic nitrogens is 5. The van der Waals surface area contributed by atoms with Crippen LogP contribution in [-0.2, 0) is 22.6 Å². The summed E-state index contributed by atoms with van der Waals surface area (Å²) in [5.41, 5.74) is 1.81. The number of benzene rings is 1. The van der Waals surface area contributed by atoms with Gasteiger partial charge in [-0.25, -0.2) is 13.5 Å². The van der Waals surface area contributed by atoms with Crippen molar-refractivity contribution in [2.24, 2.45) is 0 Å². The molecule has 3 aromatic rings. The van der Waals surface area contributed by atoms with Crippen LogP contribution >= 0.6 is 11.6 Å². The van der Waals surface area contributed by atoms with Gasteiger partial charge in [-0.3, -0.25) is 4.79 Å². The normalized spacial score (nSPS) is 20.3. The monoisotopic (exact) mass is 506 g/mol. The van der Waals surface area contributed by atoms with E-state index in [9.17, 15) is 13.6 Å². The minimum absolute atomic E-state index is 0.0384. The van der Waals surface area contributed by atoms with Gasteiger partial charge in [-0.05, 0) is 24.8 Å². The maximum absolute atomic E-state index is 13.5. The molecule has 2 aliphatic heterocycles. The quantitative estimate of drug-likeness (QED) is 0.501. The topological polar surface area (TPSA) is 87.3 Å². The van der Waals surface area contributed by atoms with Crippen molar-refractivity contribution in [3.8, 4) is 0 Å². The van der Waals surface area contributed by atoms with Crippen molar-refractivity contribution in [2.45, 2.75) is 51.1 Å². The van der Waals surface area contributed by atoms with Gasteiger partial charge in [0.15, 0.2) is 6.23 Å². The molecule has 186 valence electrons. The summed E-state index contributed by atoms with van der Waals surface area (Å²) in [6.45, 7) is 1.40.